The van der Waals surface area contributed by atoms with Crippen molar-refractivity contribution in [1.82, 2.24) is 26.0 Å². The Kier molecular flexibility index (Phi) is 9.49. The number of carbonyl (C=O) groups is 5. The van der Waals surface area contributed by atoms with Crippen molar-refractivity contribution in [3.63, 3.8) is 0 Å². The van der Waals surface area contributed by atoms with Crippen LogP contribution in [0.5, 0.6) is 0 Å². The summed E-state index contributed by atoms with van der Waals surface area (Å²) in [5, 5.41) is 5.72. The van der Waals surface area contributed by atoms with Gasteiger partial charge in [-0.2, -0.15) is 0 Å². The Morgan fingerprint density at radius 3 is 2.42 bits per heavy atom. The number of piperidine rings is 2. The lowest BCUT2D eigenvalue weighted by atomic mass is 9.95. The van der Waals surface area contributed by atoms with Gasteiger partial charge in [0.05, 0.1) is 12.5 Å². The summed E-state index contributed by atoms with van der Waals surface area (Å²) in [4.78, 5) is 65.3. The maximum absolute atomic E-state index is 13.8. The Hall–Kier alpha value is -2.21. The fraction of sp³-hybridized carbons (Fsp3) is 0.792. The topological polar surface area (TPSA) is 128 Å². The van der Waals surface area contributed by atoms with Crippen LogP contribution >= 0.6 is 23.2 Å². The van der Waals surface area contributed by atoms with Crippen molar-refractivity contribution < 1.29 is 32.8 Å². The van der Waals surface area contributed by atoms with Gasteiger partial charge in [-0.05, 0) is 36.0 Å². The zero-order chi connectivity index (χ0) is 28.5. The molecule has 5 amide bonds. The lowest BCUT2D eigenvalue weighted by Crippen LogP contribution is -2.61. The molecule has 0 radical (unpaired) electrons. The molecule has 38 heavy (non-hydrogen) atoms. The smallest absolute Gasteiger partial charge is 0.291 e. The summed E-state index contributed by atoms with van der Waals surface area (Å²) in [5.74, 6) is -5.43. The molecule has 0 aromatic carbocycles. The Balaban J connectivity index is 1.85. The molecule has 2 heterocycles. The maximum Gasteiger partial charge on any atom is 0.291 e. The summed E-state index contributed by atoms with van der Waals surface area (Å²) in [6, 6.07) is -2.19. The molecule has 214 valence electrons. The van der Waals surface area contributed by atoms with E-state index in [2.05, 4.69) is 16.1 Å². The predicted molar refractivity (Wildman–Crippen MR) is 135 cm³/mol. The van der Waals surface area contributed by atoms with E-state index in [1.807, 2.05) is 13.8 Å². The minimum absolute atomic E-state index is 0.0346. The molecule has 0 aromatic rings. The average molecular weight is 582 g/mol. The molecule has 1 aliphatic carbocycles. The van der Waals surface area contributed by atoms with Gasteiger partial charge in [0.2, 0.25) is 11.8 Å². The lowest BCUT2D eigenvalue weighted by Gasteiger charge is -2.36. The first kappa shape index (κ1) is 30.3. The van der Waals surface area contributed by atoms with Gasteiger partial charge in [0.15, 0.2) is 0 Å². The van der Waals surface area contributed by atoms with Crippen molar-refractivity contribution in [1.29, 1.82) is 0 Å². The van der Waals surface area contributed by atoms with Crippen LogP contribution in [-0.2, 0) is 24.0 Å². The van der Waals surface area contributed by atoms with Crippen molar-refractivity contribution in [3.8, 4) is 0 Å². The van der Waals surface area contributed by atoms with Gasteiger partial charge in [-0.15, -0.1) is 0 Å². The second-order valence-corrected chi connectivity index (χ2v) is 11.7. The van der Waals surface area contributed by atoms with Gasteiger partial charge >= 0.3 is 0 Å². The Morgan fingerprint density at radius 2 is 1.87 bits per heavy atom. The number of nitrogens with one attached hydrogen (secondary N) is 3. The molecule has 0 aromatic heterocycles. The molecule has 10 nitrogen and oxygen atoms in total. The molecule has 2 aliphatic heterocycles. The molecule has 0 bridgehead atoms. The quantitative estimate of drug-likeness (QED) is 0.280. The van der Waals surface area contributed by atoms with E-state index in [0.717, 1.165) is 0 Å². The highest BCUT2D eigenvalue weighted by Gasteiger charge is 2.69. The minimum atomic E-state index is -2.46. The first-order valence-electron chi connectivity index (χ1n) is 12.8. The average Bonchev–Trinajstić information content (AvgIpc) is 3.18. The molecule has 1 saturated carbocycles. The number of hydrazine groups is 1. The van der Waals surface area contributed by atoms with Gasteiger partial charge in [-0.3, -0.25) is 29.4 Å². The maximum atomic E-state index is 13.8. The van der Waals surface area contributed by atoms with E-state index >= 15 is 0 Å². The summed E-state index contributed by atoms with van der Waals surface area (Å²) in [5.41, 5.74) is -2.69. The van der Waals surface area contributed by atoms with Crippen molar-refractivity contribution >= 4 is 52.7 Å². The van der Waals surface area contributed by atoms with Crippen LogP contribution in [0.25, 0.3) is 0 Å². The zero-order valence-electron chi connectivity index (χ0n) is 21.8. The number of fused-ring (bicyclic) bond motifs is 1. The van der Waals surface area contributed by atoms with Crippen LogP contribution in [0.4, 0.5) is 8.78 Å². The van der Waals surface area contributed by atoms with Gasteiger partial charge < -0.3 is 15.5 Å². The number of likely N-dealkylation sites (tertiary alicyclic amines) is 1. The summed E-state index contributed by atoms with van der Waals surface area (Å²) >= 11 is 10.7. The Labute approximate surface area is 230 Å². The highest BCUT2D eigenvalue weighted by Crippen LogP contribution is 2.65. The lowest BCUT2D eigenvalue weighted by molar-refractivity contribution is -0.151. The third kappa shape index (κ3) is 6.16. The first-order chi connectivity index (χ1) is 17.7. The van der Waals surface area contributed by atoms with Crippen molar-refractivity contribution in [2.45, 2.75) is 70.3 Å². The van der Waals surface area contributed by atoms with E-state index < -0.39 is 58.8 Å². The van der Waals surface area contributed by atoms with Gasteiger partial charge in [-0.1, -0.05) is 57.3 Å². The third-order valence-corrected chi connectivity index (χ3v) is 8.62. The molecular formula is C24H35Cl2F2N5O5. The second-order valence-electron chi connectivity index (χ2n) is 10.9. The van der Waals surface area contributed by atoms with Gasteiger partial charge in [0, 0.05) is 13.1 Å². The summed E-state index contributed by atoms with van der Waals surface area (Å²) in [7, 11) is 0. The van der Waals surface area contributed by atoms with Gasteiger partial charge in [0.25, 0.3) is 29.0 Å². The van der Waals surface area contributed by atoms with Gasteiger partial charge in [-0.25, -0.2) is 13.8 Å². The molecule has 8 atom stereocenters. The predicted octanol–water partition coefficient (Wildman–Crippen LogP) is 1.46. The fourth-order valence-electron chi connectivity index (χ4n) is 5.63. The Morgan fingerprint density at radius 1 is 1.21 bits per heavy atom. The third-order valence-electron chi connectivity index (χ3n) is 8.24. The number of rotatable bonds is 9. The molecule has 0 unspecified atom stereocenters. The number of halogens is 4. The monoisotopic (exact) mass is 581 g/mol. The molecule has 3 N–H and O–H groups in total. The van der Waals surface area contributed by atoms with Crippen LogP contribution in [0.1, 0.15) is 47.0 Å². The molecule has 3 aliphatic rings. The second kappa shape index (κ2) is 11.9. The van der Waals surface area contributed by atoms with E-state index in [9.17, 15) is 32.8 Å². The SMILES string of the molecule is CC[C@H](C)[C@H](NC(=O)[C@H](F)Cl)C(=O)N1C[C@H]2[C@@H]([C@H]1C(=O)NN(C[C@H]1CCCNC1=O)C(=O)[C@H](F)Cl)C2(C)C. The number of alkyl halides is 4. The summed E-state index contributed by atoms with van der Waals surface area (Å²) < 4.78 is 27.2. The number of hydrogen-bond donors (Lipinski definition) is 3. The number of nitrogens with zero attached hydrogens (tertiary/aromatic N) is 2. The summed E-state index contributed by atoms with van der Waals surface area (Å²) in [6.07, 6.45) is 1.56. The summed E-state index contributed by atoms with van der Waals surface area (Å²) in [6.45, 7) is 7.80. The molecule has 3 rings (SSSR count). The molecule has 0 spiro atoms. The normalized spacial score (nSPS) is 28.7. The fourth-order valence-corrected chi connectivity index (χ4v) is 5.81. The van der Waals surface area contributed by atoms with E-state index in [-0.39, 0.29) is 36.2 Å². The van der Waals surface area contributed by atoms with Crippen LogP contribution in [-0.4, -0.2) is 82.4 Å². The largest absolute Gasteiger partial charge is 0.356 e. The van der Waals surface area contributed by atoms with E-state index in [1.54, 1.807) is 13.8 Å². The number of carbonyl (C=O) groups excluding carboxylic acids is 5. The molecule has 2 saturated heterocycles. The van der Waals surface area contributed by atoms with Crippen molar-refractivity contribution in [2.24, 2.45) is 29.1 Å². The standard InChI is InChI=1S/C24H35Cl2F2N5O5/c1-5-11(2)15(30-21(36)17(25)27)22(37)32-10-13-14(24(13,3)4)16(32)20(35)31-33(23(38)18(26)28)9-12-7-6-8-29-19(12)34/h11-18H,5-10H2,1-4H3,(H,29,34)(H,30,36)(H,31,35)/t11-,12+,13-,14-,15-,16-,17-,18-/m0/s1. The van der Waals surface area contributed by atoms with Crippen LogP contribution in [0.3, 0.4) is 0 Å². The molecular weight excluding hydrogens is 547 g/mol. The zero-order valence-corrected chi connectivity index (χ0v) is 23.3. The van der Waals surface area contributed by atoms with Crippen LogP contribution in [0, 0.1) is 29.1 Å². The van der Waals surface area contributed by atoms with E-state index in [1.165, 1.54) is 4.90 Å². The van der Waals surface area contributed by atoms with Crippen LogP contribution < -0.4 is 16.1 Å². The highest BCUT2D eigenvalue weighted by molar-refractivity contribution is 6.30. The van der Waals surface area contributed by atoms with Gasteiger partial charge in [0.1, 0.15) is 12.1 Å². The Bertz CT molecular complexity index is 968. The minimum Gasteiger partial charge on any atom is -0.356 e. The first-order valence-corrected chi connectivity index (χ1v) is 13.7. The van der Waals surface area contributed by atoms with Crippen molar-refractivity contribution in [2.75, 3.05) is 19.6 Å². The molecule has 3 fully saturated rings. The molecule has 14 heteroatoms. The highest BCUT2D eigenvalue weighted by atomic mass is 35.5. The van der Waals surface area contributed by atoms with E-state index in [4.69, 9.17) is 23.2 Å². The number of amides is 5. The van der Waals surface area contributed by atoms with Crippen molar-refractivity contribution in [3.05, 3.63) is 0 Å². The van der Waals surface area contributed by atoms with E-state index in [0.29, 0.717) is 30.8 Å². The number of hydrogen-bond acceptors (Lipinski definition) is 5. The van der Waals surface area contributed by atoms with Crippen LogP contribution in [0.2, 0.25) is 0 Å². The van der Waals surface area contributed by atoms with Crippen LogP contribution in [0.15, 0.2) is 0 Å².